The van der Waals surface area contributed by atoms with Crippen LogP contribution in [0.2, 0.25) is 0 Å². The van der Waals surface area contributed by atoms with Gasteiger partial charge in [0.05, 0.1) is 6.54 Å². The Morgan fingerprint density at radius 2 is 1.68 bits per heavy atom. The van der Waals surface area contributed by atoms with Crippen LogP contribution in [0.4, 0.5) is 0 Å². The Bertz CT molecular complexity index is 606. The second-order valence-corrected chi connectivity index (χ2v) is 6.18. The molecule has 0 aromatic heterocycles. The minimum Gasteiger partial charge on any atom is -0.356 e. The van der Waals surface area contributed by atoms with Crippen molar-refractivity contribution in [3.8, 4) is 0 Å². The van der Waals surface area contributed by atoms with Gasteiger partial charge < -0.3 is 20.4 Å². The summed E-state index contributed by atoms with van der Waals surface area (Å²) in [6.07, 6.45) is 0.786. The Labute approximate surface area is 186 Å². The van der Waals surface area contributed by atoms with E-state index in [9.17, 15) is 9.59 Å². The van der Waals surface area contributed by atoms with Crippen molar-refractivity contribution >= 4 is 41.8 Å². The van der Waals surface area contributed by atoms with Crippen LogP contribution in [0.3, 0.4) is 0 Å². The molecule has 0 fully saturated rings. The van der Waals surface area contributed by atoms with E-state index in [1.165, 1.54) is 5.56 Å². The van der Waals surface area contributed by atoms with Crippen LogP contribution in [0.15, 0.2) is 35.3 Å². The average molecular weight is 503 g/mol. The third kappa shape index (κ3) is 9.91. The van der Waals surface area contributed by atoms with Crippen molar-refractivity contribution in [3.05, 3.63) is 35.9 Å². The molecule has 0 aliphatic heterocycles. The van der Waals surface area contributed by atoms with Crippen LogP contribution in [-0.4, -0.2) is 73.9 Å². The summed E-state index contributed by atoms with van der Waals surface area (Å²) in [4.78, 5) is 32.2. The SMILES string of the molecule is CCNC(=NCC(=O)NCCc1ccccc1)N(C)CC(=O)N(CC)CC.I. The van der Waals surface area contributed by atoms with E-state index < -0.39 is 0 Å². The van der Waals surface area contributed by atoms with E-state index >= 15 is 0 Å². The van der Waals surface area contributed by atoms with Crippen molar-refractivity contribution < 1.29 is 9.59 Å². The molecule has 7 nitrogen and oxygen atoms in total. The monoisotopic (exact) mass is 503 g/mol. The first-order valence-corrected chi connectivity index (χ1v) is 9.59. The molecular weight excluding hydrogens is 469 g/mol. The predicted octanol–water partition coefficient (Wildman–Crippen LogP) is 1.73. The molecule has 2 amide bonds. The first-order valence-electron chi connectivity index (χ1n) is 9.59. The van der Waals surface area contributed by atoms with Crippen LogP contribution in [0.1, 0.15) is 26.3 Å². The molecule has 0 aliphatic carbocycles. The third-order valence-electron chi connectivity index (χ3n) is 4.14. The summed E-state index contributed by atoms with van der Waals surface area (Å²) in [7, 11) is 1.80. The number of halogens is 1. The molecule has 1 aromatic carbocycles. The van der Waals surface area contributed by atoms with Gasteiger partial charge in [0.15, 0.2) is 5.96 Å². The molecule has 0 radical (unpaired) electrons. The Morgan fingerprint density at radius 1 is 1.04 bits per heavy atom. The van der Waals surface area contributed by atoms with Crippen LogP contribution in [0.25, 0.3) is 0 Å². The van der Waals surface area contributed by atoms with Crippen LogP contribution < -0.4 is 10.6 Å². The molecule has 0 saturated carbocycles. The molecular formula is C20H34IN5O2. The normalized spacial score (nSPS) is 10.6. The summed E-state index contributed by atoms with van der Waals surface area (Å²) >= 11 is 0. The highest BCUT2D eigenvalue weighted by Gasteiger charge is 2.15. The average Bonchev–Trinajstić information content (AvgIpc) is 2.66. The van der Waals surface area contributed by atoms with Gasteiger partial charge >= 0.3 is 0 Å². The van der Waals surface area contributed by atoms with E-state index in [2.05, 4.69) is 15.6 Å². The van der Waals surface area contributed by atoms with Crippen molar-refractivity contribution in [3.63, 3.8) is 0 Å². The lowest BCUT2D eigenvalue weighted by Crippen LogP contribution is -2.46. The Balaban J connectivity index is 0.00000729. The van der Waals surface area contributed by atoms with E-state index in [0.29, 0.717) is 32.1 Å². The van der Waals surface area contributed by atoms with Crippen LogP contribution >= 0.6 is 24.0 Å². The van der Waals surface area contributed by atoms with E-state index in [-0.39, 0.29) is 48.9 Å². The molecule has 158 valence electrons. The molecule has 28 heavy (non-hydrogen) atoms. The lowest BCUT2D eigenvalue weighted by molar-refractivity contribution is -0.131. The largest absolute Gasteiger partial charge is 0.356 e. The van der Waals surface area contributed by atoms with Crippen molar-refractivity contribution in [1.82, 2.24) is 20.4 Å². The summed E-state index contributed by atoms with van der Waals surface area (Å²) in [5, 5.41) is 6.00. The Kier molecular flexibility index (Phi) is 14.1. The number of likely N-dealkylation sites (N-methyl/N-ethyl adjacent to an activating group) is 2. The summed E-state index contributed by atoms with van der Waals surface area (Å²) in [5.41, 5.74) is 1.18. The number of rotatable bonds is 10. The molecule has 0 spiro atoms. The number of aliphatic imine (C=N–C) groups is 1. The lowest BCUT2D eigenvalue weighted by atomic mass is 10.1. The molecule has 0 atom stereocenters. The maximum atomic E-state index is 12.3. The fourth-order valence-electron chi connectivity index (χ4n) is 2.62. The van der Waals surface area contributed by atoms with Crippen molar-refractivity contribution in [2.45, 2.75) is 27.2 Å². The number of guanidine groups is 1. The fraction of sp³-hybridized carbons (Fsp3) is 0.550. The third-order valence-corrected chi connectivity index (χ3v) is 4.14. The maximum Gasteiger partial charge on any atom is 0.242 e. The maximum absolute atomic E-state index is 12.3. The van der Waals surface area contributed by atoms with E-state index in [0.717, 1.165) is 6.42 Å². The lowest BCUT2D eigenvalue weighted by Gasteiger charge is -2.25. The quantitative estimate of drug-likeness (QED) is 0.290. The van der Waals surface area contributed by atoms with Crippen LogP contribution in [0, 0.1) is 0 Å². The van der Waals surface area contributed by atoms with Crippen LogP contribution in [0.5, 0.6) is 0 Å². The first-order chi connectivity index (χ1) is 13.0. The van der Waals surface area contributed by atoms with Crippen molar-refractivity contribution in [1.29, 1.82) is 0 Å². The highest BCUT2D eigenvalue weighted by molar-refractivity contribution is 14.0. The van der Waals surface area contributed by atoms with Gasteiger partial charge in [0.2, 0.25) is 11.8 Å². The zero-order valence-electron chi connectivity index (χ0n) is 17.4. The number of hydrogen-bond acceptors (Lipinski definition) is 3. The number of carbonyl (C=O) groups excluding carboxylic acids is 2. The van der Waals surface area contributed by atoms with Crippen molar-refractivity contribution in [2.75, 3.05) is 46.3 Å². The number of hydrogen-bond donors (Lipinski definition) is 2. The number of nitrogens with one attached hydrogen (secondary N) is 2. The second-order valence-electron chi connectivity index (χ2n) is 6.18. The van der Waals surface area contributed by atoms with Gasteiger partial charge in [-0.1, -0.05) is 30.3 Å². The predicted molar refractivity (Wildman–Crippen MR) is 125 cm³/mol. The van der Waals surface area contributed by atoms with Gasteiger partial charge in [0.1, 0.15) is 6.54 Å². The van der Waals surface area contributed by atoms with Gasteiger partial charge in [-0.3, -0.25) is 9.59 Å². The van der Waals surface area contributed by atoms with Gasteiger partial charge in [0.25, 0.3) is 0 Å². The zero-order chi connectivity index (χ0) is 20.1. The Morgan fingerprint density at radius 3 is 2.25 bits per heavy atom. The van der Waals surface area contributed by atoms with Gasteiger partial charge in [-0.15, -0.1) is 24.0 Å². The molecule has 2 N–H and O–H groups in total. The van der Waals surface area contributed by atoms with E-state index in [1.54, 1.807) is 16.8 Å². The van der Waals surface area contributed by atoms with Crippen molar-refractivity contribution in [2.24, 2.45) is 4.99 Å². The zero-order valence-corrected chi connectivity index (χ0v) is 19.7. The number of benzene rings is 1. The van der Waals surface area contributed by atoms with Gasteiger partial charge in [-0.2, -0.15) is 0 Å². The highest BCUT2D eigenvalue weighted by atomic mass is 127. The minimum atomic E-state index is -0.134. The standard InChI is InChI=1S/C20H33N5O2.HI/c1-5-21-20(24(4)16-19(27)25(6-2)7-3)23-15-18(26)22-14-13-17-11-9-8-10-12-17;/h8-12H,5-7,13-16H2,1-4H3,(H,21,23)(H,22,26);1H. The number of amides is 2. The molecule has 0 bridgehead atoms. The molecule has 1 aromatic rings. The fourth-order valence-corrected chi connectivity index (χ4v) is 2.62. The van der Waals surface area contributed by atoms with E-state index in [1.807, 2.05) is 51.1 Å². The smallest absolute Gasteiger partial charge is 0.242 e. The molecule has 0 unspecified atom stereocenters. The summed E-state index contributed by atoms with van der Waals surface area (Å²) in [5.74, 6) is 0.460. The summed E-state index contributed by atoms with van der Waals surface area (Å²) < 4.78 is 0. The van der Waals surface area contributed by atoms with Crippen LogP contribution in [-0.2, 0) is 16.0 Å². The topological polar surface area (TPSA) is 77.0 Å². The summed E-state index contributed by atoms with van der Waals surface area (Å²) in [6, 6.07) is 10.0. The minimum absolute atomic E-state index is 0. The molecule has 0 aliphatic rings. The molecule has 0 saturated heterocycles. The number of carbonyl (C=O) groups is 2. The summed E-state index contributed by atoms with van der Waals surface area (Å²) in [6.45, 7) is 8.73. The van der Waals surface area contributed by atoms with E-state index in [4.69, 9.17) is 0 Å². The molecule has 8 heteroatoms. The van der Waals surface area contributed by atoms with Gasteiger partial charge in [-0.05, 0) is 32.8 Å². The van der Waals surface area contributed by atoms with Gasteiger partial charge in [0, 0.05) is 33.2 Å². The first kappa shape index (κ1) is 26.2. The second kappa shape index (κ2) is 15.1. The highest BCUT2D eigenvalue weighted by Crippen LogP contribution is 1.98. The number of nitrogens with zero attached hydrogens (tertiary/aromatic N) is 3. The molecule has 1 rings (SSSR count). The Hall–Kier alpha value is -1.84. The molecule has 0 heterocycles. The van der Waals surface area contributed by atoms with Gasteiger partial charge in [-0.25, -0.2) is 4.99 Å².